The molecule has 0 aliphatic carbocycles. The minimum absolute atomic E-state index is 0.00721. The second-order valence-electron chi connectivity index (χ2n) is 4.44. The summed E-state index contributed by atoms with van der Waals surface area (Å²) in [6.07, 6.45) is 1.39. The fourth-order valence-electron chi connectivity index (χ4n) is 2.02. The molecule has 22 heavy (non-hydrogen) atoms. The van der Waals surface area contributed by atoms with Crippen LogP contribution in [0.25, 0.3) is 0 Å². The van der Waals surface area contributed by atoms with Crippen molar-refractivity contribution in [1.29, 1.82) is 0 Å². The summed E-state index contributed by atoms with van der Waals surface area (Å²) >= 11 is 0. The van der Waals surface area contributed by atoms with Crippen LogP contribution in [0.3, 0.4) is 0 Å². The molecule has 0 radical (unpaired) electrons. The van der Waals surface area contributed by atoms with Crippen LogP contribution in [0.2, 0.25) is 0 Å². The normalized spacial score (nSPS) is 14.5. The van der Waals surface area contributed by atoms with Gasteiger partial charge >= 0.3 is 17.8 Å². The lowest BCUT2D eigenvalue weighted by Gasteiger charge is -2.15. The summed E-state index contributed by atoms with van der Waals surface area (Å²) in [7, 11) is 1.52. The van der Waals surface area contributed by atoms with Crippen molar-refractivity contribution in [2.45, 2.75) is 0 Å². The highest BCUT2D eigenvalue weighted by atomic mass is 16.5. The molecule has 0 bridgehead atoms. The predicted octanol–water partition coefficient (Wildman–Crippen LogP) is 1.05. The average Bonchev–Trinajstić information content (AvgIpc) is 2.73. The van der Waals surface area contributed by atoms with Gasteiger partial charge in [-0.25, -0.2) is 4.79 Å². The van der Waals surface area contributed by atoms with E-state index in [0.717, 1.165) is 9.80 Å². The van der Waals surface area contributed by atoms with Gasteiger partial charge in [0.1, 0.15) is 6.61 Å². The molecule has 0 atom stereocenters. The van der Waals surface area contributed by atoms with Gasteiger partial charge in [-0.05, 0) is 12.1 Å². The van der Waals surface area contributed by atoms with E-state index in [2.05, 4.69) is 6.58 Å². The van der Waals surface area contributed by atoms with Gasteiger partial charge in [0.05, 0.1) is 13.7 Å². The number of benzene rings is 1. The van der Waals surface area contributed by atoms with Crippen LogP contribution in [0.5, 0.6) is 11.5 Å². The molecule has 7 nitrogen and oxygen atoms in total. The van der Waals surface area contributed by atoms with Crippen molar-refractivity contribution < 1.29 is 23.9 Å². The highest BCUT2D eigenvalue weighted by molar-refractivity contribution is 6.44. The molecule has 1 heterocycles. The molecule has 1 aromatic rings. The lowest BCUT2D eigenvalue weighted by Crippen LogP contribution is -2.36. The molecular formula is C15H16N2O5. The molecule has 0 spiro atoms. The second kappa shape index (κ2) is 6.75. The number of ether oxygens (including phenoxy) is 2. The number of hydrogen-bond acceptors (Lipinski definition) is 5. The predicted molar refractivity (Wildman–Crippen MR) is 77.5 cm³/mol. The van der Waals surface area contributed by atoms with E-state index in [1.165, 1.54) is 13.2 Å². The van der Waals surface area contributed by atoms with Crippen LogP contribution in [-0.2, 0) is 9.59 Å². The van der Waals surface area contributed by atoms with Gasteiger partial charge in [0.15, 0.2) is 11.5 Å². The minimum atomic E-state index is -0.851. The Labute approximate surface area is 127 Å². The third kappa shape index (κ3) is 2.93. The number of carbonyl (C=O) groups excluding carboxylic acids is 3. The number of amides is 4. The maximum Gasteiger partial charge on any atom is 0.334 e. The lowest BCUT2D eigenvalue weighted by atomic mass is 10.3. The monoisotopic (exact) mass is 304 g/mol. The van der Waals surface area contributed by atoms with Crippen LogP contribution in [0, 0.1) is 0 Å². The van der Waals surface area contributed by atoms with Crippen LogP contribution < -0.4 is 9.47 Å². The van der Waals surface area contributed by atoms with Gasteiger partial charge in [0.25, 0.3) is 0 Å². The molecular weight excluding hydrogens is 288 g/mol. The number of imide groups is 2. The number of hydrogen-bond donors (Lipinski definition) is 0. The van der Waals surface area contributed by atoms with E-state index in [-0.39, 0.29) is 19.7 Å². The van der Waals surface area contributed by atoms with Gasteiger partial charge in [-0.15, -0.1) is 6.58 Å². The Morgan fingerprint density at radius 2 is 1.73 bits per heavy atom. The van der Waals surface area contributed by atoms with Gasteiger partial charge in [0, 0.05) is 6.54 Å². The van der Waals surface area contributed by atoms with Crippen molar-refractivity contribution in [2.24, 2.45) is 0 Å². The number of nitrogens with zero attached hydrogens (tertiary/aromatic N) is 2. The van der Waals surface area contributed by atoms with Gasteiger partial charge < -0.3 is 9.47 Å². The van der Waals surface area contributed by atoms with Gasteiger partial charge in [-0.2, -0.15) is 0 Å². The highest BCUT2D eigenvalue weighted by Gasteiger charge is 2.43. The second-order valence-corrected chi connectivity index (χ2v) is 4.44. The minimum Gasteiger partial charge on any atom is -0.493 e. The quantitative estimate of drug-likeness (QED) is 0.427. The average molecular weight is 304 g/mol. The van der Waals surface area contributed by atoms with E-state index >= 15 is 0 Å². The van der Waals surface area contributed by atoms with Crippen molar-refractivity contribution in [3.05, 3.63) is 36.9 Å². The van der Waals surface area contributed by atoms with E-state index in [1.807, 2.05) is 0 Å². The molecule has 116 valence electrons. The van der Waals surface area contributed by atoms with Crippen molar-refractivity contribution in [3.63, 3.8) is 0 Å². The molecule has 0 saturated carbocycles. The van der Waals surface area contributed by atoms with Crippen LogP contribution in [0.15, 0.2) is 36.9 Å². The number of rotatable bonds is 7. The van der Waals surface area contributed by atoms with E-state index < -0.39 is 17.8 Å². The molecule has 0 aromatic heterocycles. The molecule has 2 rings (SSSR count). The van der Waals surface area contributed by atoms with Crippen molar-refractivity contribution >= 4 is 17.8 Å². The number of urea groups is 1. The smallest absolute Gasteiger partial charge is 0.334 e. The molecule has 7 heteroatoms. The zero-order valence-electron chi connectivity index (χ0n) is 12.2. The molecule has 0 unspecified atom stereocenters. The summed E-state index contributed by atoms with van der Waals surface area (Å²) in [4.78, 5) is 37.1. The fourth-order valence-corrected chi connectivity index (χ4v) is 2.02. The Kier molecular flexibility index (Phi) is 4.77. The topological polar surface area (TPSA) is 76.2 Å². The molecule has 1 aliphatic rings. The Morgan fingerprint density at radius 3 is 2.36 bits per heavy atom. The first-order valence-electron chi connectivity index (χ1n) is 6.64. The Hall–Kier alpha value is -2.83. The molecule has 1 aliphatic heterocycles. The Morgan fingerprint density at radius 1 is 1.09 bits per heavy atom. The van der Waals surface area contributed by atoms with Crippen LogP contribution in [0.1, 0.15) is 0 Å². The maximum absolute atomic E-state index is 12.0. The first kappa shape index (κ1) is 15.6. The number of methoxy groups -OCH3 is 1. The van der Waals surface area contributed by atoms with E-state index in [0.29, 0.717) is 11.5 Å². The first-order valence-corrected chi connectivity index (χ1v) is 6.64. The van der Waals surface area contributed by atoms with Gasteiger partial charge in [0.2, 0.25) is 0 Å². The van der Waals surface area contributed by atoms with Gasteiger partial charge in [-0.3, -0.25) is 19.4 Å². The summed E-state index contributed by atoms with van der Waals surface area (Å²) in [5.74, 6) is -0.651. The molecule has 0 N–H and O–H groups in total. The zero-order chi connectivity index (χ0) is 16.1. The largest absolute Gasteiger partial charge is 0.493 e. The van der Waals surface area contributed by atoms with Crippen molar-refractivity contribution in [1.82, 2.24) is 9.80 Å². The van der Waals surface area contributed by atoms with Crippen LogP contribution in [-0.4, -0.2) is 54.5 Å². The van der Waals surface area contributed by atoms with Crippen LogP contribution in [0.4, 0.5) is 4.79 Å². The summed E-state index contributed by atoms with van der Waals surface area (Å²) in [6.45, 7) is 3.50. The summed E-state index contributed by atoms with van der Waals surface area (Å²) in [5, 5.41) is 0. The lowest BCUT2D eigenvalue weighted by molar-refractivity contribution is -0.143. The molecule has 4 amide bonds. The van der Waals surface area contributed by atoms with Gasteiger partial charge in [-0.1, -0.05) is 18.2 Å². The van der Waals surface area contributed by atoms with E-state index in [1.54, 1.807) is 24.3 Å². The summed E-state index contributed by atoms with van der Waals surface area (Å²) in [6, 6.07) is 6.36. The van der Waals surface area contributed by atoms with Crippen LogP contribution >= 0.6 is 0 Å². The third-order valence-electron chi connectivity index (χ3n) is 3.09. The zero-order valence-corrected chi connectivity index (χ0v) is 12.2. The maximum atomic E-state index is 12.0. The van der Waals surface area contributed by atoms with E-state index in [4.69, 9.17) is 9.47 Å². The molecule has 1 saturated heterocycles. The Balaban J connectivity index is 1.97. The summed E-state index contributed by atoms with van der Waals surface area (Å²) in [5.41, 5.74) is 0. The fraction of sp³-hybridized carbons (Fsp3) is 0.267. The first-order chi connectivity index (χ1) is 10.6. The highest BCUT2D eigenvalue weighted by Crippen LogP contribution is 2.25. The SMILES string of the molecule is C=CCN1C(=O)C(=O)N(CCOc2ccccc2OC)C1=O. The van der Waals surface area contributed by atoms with Crippen molar-refractivity contribution in [3.8, 4) is 11.5 Å². The number of para-hydroxylation sites is 2. The standard InChI is InChI=1S/C15H16N2O5/c1-3-8-16-13(18)14(19)17(15(16)20)9-10-22-12-7-5-4-6-11(12)21-2/h3-7H,1,8-10H2,2H3. The molecule has 1 fully saturated rings. The van der Waals surface area contributed by atoms with Crippen molar-refractivity contribution in [2.75, 3.05) is 26.8 Å². The number of carbonyl (C=O) groups is 3. The Bertz CT molecular complexity index is 614. The summed E-state index contributed by atoms with van der Waals surface area (Å²) < 4.78 is 10.6. The van der Waals surface area contributed by atoms with E-state index in [9.17, 15) is 14.4 Å². The third-order valence-corrected chi connectivity index (χ3v) is 3.09. The molecule has 1 aromatic carbocycles.